The van der Waals surface area contributed by atoms with Crippen molar-refractivity contribution < 1.29 is 19.5 Å². The van der Waals surface area contributed by atoms with Gasteiger partial charge in [0.2, 0.25) is 5.91 Å². The van der Waals surface area contributed by atoms with Crippen LogP contribution in [0.3, 0.4) is 0 Å². The summed E-state index contributed by atoms with van der Waals surface area (Å²) in [7, 11) is 0. The van der Waals surface area contributed by atoms with E-state index in [0.29, 0.717) is 13.0 Å². The third-order valence-electron chi connectivity index (χ3n) is 2.81. The minimum absolute atomic E-state index is 0.228. The van der Waals surface area contributed by atoms with Gasteiger partial charge in [0.25, 0.3) is 0 Å². The molecule has 1 aliphatic rings. The number of piperidine rings is 1. The summed E-state index contributed by atoms with van der Waals surface area (Å²) in [6.07, 6.45) is 1.36. The zero-order valence-corrected chi connectivity index (χ0v) is 10.5. The van der Waals surface area contributed by atoms with Gasteiger partial charge < -0.3 is 21.1 Å². The fourth-order valence-corrected chi connectivity index (χ4v) is 1.76. The van der Waals surface area contributed by atoms with Crippen LogP contribution in [-0.2, 0) is 9.59 Å². The molecule has 1 heterocycles. The smallest absolute Gasteiger partial charge is 0.326 e. The summed E-state index contributed by atoms with van der Waals surface area (Å²) in [6, 6.07) is -2.17. The van der Waals surface area contributed by atoms with Crippen LogP contribution in [0, 0.1) is 5.92 Å². The lowest BCUT2D eigenvalue weighted by atomic mass is 10.0. The first kappa shape index (κ1) is 14.3. The van der Waals surface area contributed by atoms with Gasteiger partial charge in [0, 0.05) is 6.54 Å². The lowest BCUT2D eigenvalue weighted by Crippen LogP contribution is -2.56. The van der Waals surface area contributed by atoms with Gasteiger partial charge in [-0.3, -0.25) is 4.79 Å². The van der Waals surface area contributed by atoms with Crippen LogP contribution >= 0.6 is 0 Å². The summed E-state index contributed by atoms with van der Waals surface area (Å²) in [4.78, 5) is 33.9. The molecule has 102 valence electrons. The second-order valence-electron chi connectivity index (χ2n) is 4.66. The molecule has 1 aliphatic heterocycles. The number of amides is 3. The molecule has 1 rings (SSSR count). The number of hydrogen-bond donors (Lipinski definition) is 4. The SMILES string of the molecule is CC(C)[C@H](NC(=O)NC1CCCNC1=O)C(=O)O. The predicted molar refractivity (Wildman–Crippen MR) is 64.0 cm³/mol. The average Bonchev–Trinajstić information content (AvgIpc) is 2.28. The van der Waals surface area contributed by atoms with Crippen molar-refractivity contribution in [1.29, 1.82) is 0 Å². The van der Waals surface area contributed by atoms with Gasteiger partial charge in [-0.1, -0.05) is 13.8 Å². The maximum absolute atomic E-state index is 11.6. The third kappa shape index (κ3) is 3.90. The zero-order chi connectivity index (χ0) is 13.7. The molecule has 18 heavy (non-hydrogen) atoms. The number of aliphatic carboxylic acids is 1. The van der Waals surface area contributed by atoms with Crippen molar-refractivity contribution in [3.8, 4) is 0 Å². The highest BCUT2D eigenvalue weighted by molar-refractivity contribution is 5.89. The van der Waals surface area contributed by atoms with Crippen LogP contribution in [0.15, 0.2) is 0 Å². The Bertz CT molecular complexity index is 343. The van der Waals surface area contributed by atoms with Crippen molar-refractivity contribution in [2.45, 2.75) is 38.8 Å². The van der Waals surface area contributed by atoms with Gasteiger partial charge in [-0.05, 0) is 18.8 Å². The van der Waals surface area contributed by atoms with E-state index in [-0.39, 0.29) is 11.8 Å². The minimum atomic E-state index is -1.09. The van der Waals surface area contributed by atoms with Crippen molar-refractivity contribution in [2.75, 3.05) is 6.54 Å². The number of carboxylic acids is 1. The van der Waals surface area contributed by atoms with E-state index in [1.807, 2.05) is 0 Å². The topological polar surface area (TPSA) is 108 Å². The largest absolute Gasteiger partial charge is 0.480 e. The molecular formula is C11H19N3O4. The number of hydrogen-bond acceptors (Lipinski definition) is 3. The second-order valence-corrected chi connectivity index (χ2v) is 4.66. The molecule has 0 aromatic carbocycles. The summed E-state index contributed by atoms with van der Waals surface area (Å²) in [5.74, 6) is -1.55. The van der Waals surface area contributed by atoms with Crippen LogP contribution < -0.4 is 16.0 Å². The summed E-state index contributed by atoms with van der Waals surface area (Å²) in [6.45, 7) is 4.02. The van der Waals surface area contributed by atoms with Crippen LogP contribution in [0.1, 0.15) is 26.7 Å². The van der Waals surface area contributed by atoms with Gasteiger partial charge in [0.1, 0.15) is 12.1 Å². The highest BCUT2D eigenvalue weighted by atomic mass is 16.4. The first-order valence-electron chi connectivity index (χ1n) is 5.99. The number of carboxylic acid groups (broad SMARTS) is 1. The quantitative estimate of drug-likeness (QED) is 0.553. The van der Waals surface area contributed by atoms with E-state index in [9.17, 15) is 14.4 Å². The maximum Gasteiger partial charge on any atom is 0.326 e. The second kappa shape index (κ2) is 6.23. The molecule has 0 spiro atoms. The molecule has 2 atom stereocenters. The Morgan fingerprint density at radius 3 is 2.61 bits per heavy atom. The van der Waals surface area contributed by atoms with E-state index in [4.69, 9.17) is 5.11 Å². The summed E-state index contributed by atoms with van der Waals surface area (Å²) >= 11 is 0. The van der Waals surface area contributed by atoms with E-state index in [0.717, 1.165) is 6.42 Å². The van der Waals surface area contributed by atoms with Crippen LogP contribution in [0.2, 0.25) is 0 Å². The van der Waals surface area contributed by atoms with Gasteiger partial charge >= 0.3 is 12.0 Å². The Morgan fingerprint density at radius 2 is 2.11 bits per heavy atom. The monoisotopic (exact) mass is 257 g/mol. The summed E-state index contributed by atoms with van der Waals surface area (Å²) < 4.78 is 0. The minimum Gasteiger partial charge on any atom is -0.480 e. The molecular weight excluding hydrogens is 238 g/mol. The highest BCUT2D eigenvalue weighted by Gasteiger charge is 2.27. The molecule has 3 amide bonds. The Hall–Kier alpha value is -1.79. The van der Waals surface area contributed by atoms with Crippen molar-refractivity contribution in [1.82, 2.24) is 16.0 Å². The highest BCUT2D eigenvalue weighted by Crippen LogP contribution is 2.04. The van der Waals surface area contributed by atoms with E-state index in [1.165, 1.54) is 0 Å². The molecule has 0 aromatic rings. The van der Waals surface area contributed by atoms with E-state index < -0.39 is 24.1 Å². The molecule has 0 bridgehead atoms. The van der Waals surface area contributed by atoms with Crippen molar-refractivity contribution in [2.24, 2.45) is 5.92 Å². The lowest BCUT2D eigenvalue weighted by molar-refractivity contribution is -0.140. The Kier molecular flexibility index (Phi) is 4.94. The number of nitrogens with one attached hydrogen (secondary N) is 3. The fraction of sp³-hybridized carbons (Fsp3) is 0.727. The molecule has 0 aliphatic carbocycles. The number of carbonyl (C=O) groups is 3. The zero-order valence-electron chi connectivity index (χ0n) is 10.5. The first-order chi connectivity index (χ1) is 8.41. The van der Waals surface area contributed by atoms with Crippen LogP contribution in [-0.4, -0.2) is 41.6 Å². The molecule has 1 unspecified atom stereocenters. The Balaban J connectivity index is 2.49. The predicted octanol–water partition coefficient (Wildman–Crippen LogP) is -0.327. The number of carbonyl (C=O) groups excluding carboxylic acids is 2. The molecule has 0 aromatic heterocycles. The van der Waals surface area contributed by atoms with Gasteiger partial charge in [0.15, 0.2) is 0 Å². The Labute approximate surface area is 105 Å². The molecule has 0 radical (unpaired) electrons. The molecule has 0 saturated carbocycles. The van der Waals surface area contributed by atoms with E-state index >= 15 is 0 Å². The van der Waals surface area contributed by atoms with Crippen molar-refractivity contribution in [3.05, 3.63) is 0 Å². The number of rotatable bonds is 4. The molecule has 1 saturated heterocycles. The van der Waals surface area contributed by atoms with Crippen molar-refractivity contribution >= 4 is 17.9 Å². The first-order valence-corrected chi connectivity index (χ1v) is 5.99. The van der Waals surface area contributed by atoms with Gasteiger partial charge in [-0.15, -0.1) is 0 Å². The van der Waals surface area contributed by atoms with Gasteiger partial charge in [-0.25, -0.2) is 9.59 Å². The van der Waals surface area contributed by atoms with Crippen LogP contribution in [0.25, 0.3) is 0 Å². The normalized spacial score (nSPS) is 21.1. The molecule has 7 nitrogen and oxygen atoms in total. The summed E-state index contributed by atoms with van der Waals surface area (Å²) in [5.41, 5.74) is 0. The summed E-state index contributed by atoms with van der Waals surface area (Å²) in [5, 5.41) is 16.4. The fourth-order valence-electron chi connectivity index (χ4n) is 1.76. The van der Waals surface area contributed by atoms with E-state index in [1.54, 1.807) is 13.8 Å². The van der Waals surface area contributed by atoms with Crippen LogP contribution in [0.4, 0.5) is 4.79 Å². The Morgan fingerprint density at radius 1 is 1.44 bits per heavy atom. The maximum atomic E-state index is 11.6. The van der Waals surface area contributed by atoms with Gasteiger partial charge in [-0.2, -0.15) is 0 Å². The lowest BCUT2D eigenvalue weighted by Gasteiger charge is -2.24. The van der Waals surface area contributed by atoms with E-state index in [2.05, 4.69) is 16.0 Å². The number of urea groups is 1. The molecule has 4 N–H and O–H groups in total. The third-order valence-corrected chi connectivity index (χ3v) is 2.81. The molecule has 1 fully saturated rings. The standard InChI is InChI=1S/C11H19N3O4/c1-6(2)8(10(16)17)14-11(18)13-7-4-3-5-12-9(7)15/h6-8H,3-5H2,1-2H3,(H,12,15)(H,16,17)(H2,13,14,18)/t7?,8-/m0/s1. The van der Waals surface area contributed by atoms with Crippen molar-refractivity contribution in [3.63, 3.8) is 0 Å². The van der Waals surface area contributed by atoms with Gasteiger partial charge in [0.05, 0.1) is 0 Å². The average molecular weight is 257 g/mol. The molecule has 7 heteroatoms. The van der Waals surface area contributed by atoms with Crippen LogP contribution in [0.5, 0.6) is 0 Å².